The Morgan fingerprint density at radius 1 is 1.38 bits per heavy atom. The molecule has 0 aliphatic heterocycles. The van der Waals surface area contributed by atoms with Crippen molar-refractivity contribution in [3.8, 4) is 5.75 Å². The van der Waals surface area contributed by atoms with Crippen LogP contribution in [0, 0.1) is 0 Å². The summed E-state index contributed by atoms with van der Waals surface area (Å²) in [6.45, 7) is 0. The first-order chi connectivity index (χ1) is 9.87. The molecule has 0 spiro atoms. The Balaban J connectivity index is 2.28. The molecule has 1 amide bonds. The lowest BCUT2D eigenvalue weighted by Crippen LogP contribution is -2.48. The summed E-state index contributed by atoms with van der Waals surface area (Å²) in [4.78, 5) is 23.3. The zero-order chi connectivity index (χ0) is 15.6. The van der Waals surface area contributed by atoms with Crippen LogP contribution in [0.4, 0.5) is 5.69 Å². The van der Waals surface area contributed by atoms with Crippen LogP contribution in [0.25, 0.3) is 0 Å². The Morgan fingerprint density at radius 2 is 2.00 bits per heavy atom. The first kappa shape index (κ1) is 15.6. The minimum absolute atomic E-state index is 0.0659. The molecule has 1 aromatic rings. The Morgan fingerprint density at radius 3 is 2.52 bits per heavy atom. The van der Waals surface area contributed by atoms with E-state index in [-0.39, 0.29) is 22.2 Å². The summed E-state index contributed by atoms with van der Waals surface area (Å²) in [7, 11) is 1.35. The summed E-state index contributed by atoms with van der Waals surface area (Å²) in [5.74, 6) is -1.34. The van der Waals surface area contributed by atoms with Crippen molar-refractivity contribution >= 4 is 29.2 Å². The maximum Gasteiger partial charge on any atom is 0.339 e. The van der Waals surface area contributed by atoms with Crippen LogP contribution >= 0.6 is 11.6 Å². The average molecular weight is 313 g/mol. The molecule has 0 bridgehead atoms. The smallest absolute Gasteiger partial charge is 0.339 e. The number of anilines is 1. The van der Waals surface area contributed by atoms with Crippen molar-refractivity contribution in [3.63, 3.8) is 0 Å². The lowest BCUT2D eigenvalue weighted by Gasteiger charge is -2.23. The molecular weight excluding hydrogens is 296 g/mol. The SMILES string of the molecule is COc1cc(NC(=O)C2(N)CCCC2)c(Cl)cc1C(=O)O. The van der Waals surface area contributed by atoms with Gasteiger partial charge in [-0.2, -0.15) is 0 Å². The van der Waals surface area contributed by atoms with Crippen molar-refractivity contribution in [2.45, 2.75) is 31.2 Å². The number of halogens is 1. The molecule has 21 heavy (non-hydrogen) atoms. The highest BCUT2D eigenvalue weighted by Crippen LogP contribution is 2.33. The van der Waals surface area contributed by atoms with Crippen LogP contribution in [-0.4, -0.2) is 29.6 Å². The number of hydrogen-bond acceptors (Lipinski definition) is 4. The van der Waals surface area contributed by atoms with Crippen LogP contribution in [0.15, 0.2) is 12.1 Å². The predicted octanol–water partition coefficient (Wildman–Crippen LogP) is 2.26. The number of amides is 1. The van der Waals surface area contributed by atoms with Gasteiger partial charge < -0.3 is 20.9 Å². The largest absolute Gasteiger partial charge is 0.496 e. The van der Waals surface area contributed by atoms with Gasteiger partial charge in [-0.15, -0.1) is 0 Å². The van der Waals surface area contributed by atoms with Gasteiger partial charge in [0.25, 0.3) is 0 Å². The van der Waals surface area contributed by atoms with E-state index in [4.69, 9.17) is 27.2 Å². The van der Waals surface area contributed by atoms with Gasteiger partial charge in [-0.1, -0.05) is 24.4 Å². The van der Waals surface area contributed by atoms with E-state index in [2.05, 4.69) is 5.32 Å². The second-order valence-electron chi connectivity index (χ2n) is 5.15. The molecule has 1 saturated carbocycles. The summed E-state index contributed by atoms with van der Waals surface area (Å²) < 4.78 is 5.01. The third kappa shape index (κ3) is 3.11. The molecule has 0 atom stereocenters. The molecule has 1 aliphatic rings. The third-order valence-electron chi connectivity index (χ3n) is 3.72. The van der Waals surface area contributed by atoms with E-state index < -0.39 is 11.5 Å². The van der Waals surface area contributed by atoms with E-state index in [1.165, 1.54) is 19.2 Å². The van der Waals surface area contributed by atoms with E-state index in [9.17, 15) is 9.59 Å². The minimum atomic E-state index is -1.15. The predicted molar refractivity (Wildman–Crippen MR) is 79.0 cm³/mol. The topological polar surface area (TPSA) is 102 Å². The summed E-state index contributed by atoms with van der Waals surface area (Å²) in [5.41, 5.74) is 5.41. The van der Waals surface area contributed by atoms with Crippen molar-refractivity contribution < 1.29 is 19.4 Å². The number of aromatic carboxylic acids is 1. The summed E-state index contributed by atoms with van der Waals surface area (Å²) in [6, 6.07) is 2.64. The number of methoxy groups -OCH3 is 1. The molecule has 2 rings (SSSR count). The number of carbonyl (C=O) groups is 2. The fourth-order valence-corrected chi connectivity index (χ4v) is 2.68. The minimum Gasteiger partial charge on any atom is -0.496 e. The van der Waals surface area contributed by atoms with Gasteiger partial charge in [-0.25, -0.2) is 4.79 Å². The molecular formula is C14H17ClN2O4. The van der Waals surface area contributed by atoms with Crippen LogP contribution in [0.1, 0.15) is 36.0 Å². The second kappa shape index (κ2) is 5.91. The summed E-state index contributed by atoms with van der Waals surface area (Å²) in [6.07, 6.45) is 3.08. The zero-order valence-corrected chi connectivity index (χ0v) is 12.4. The number of ether oxygens (including phenoxy) is 1. The van der Waals surface area contributed by atoms with Gasteiger partial charge in [0.2, 0.25) is 5.91 Å². The molecule has 0 heterocycles. The molecule has 0 aromatic heterocycles. The number of carboxylic acid groups (broad SMARTS) is 1. The molecule has 6 nitrogen and oxygen atoms in total. The van der Waals surface area contributed by atoms with Crippen molar-refractivity contribution in [1.29, 1.82) is 0 Å². The van der Waals surface area contributed by atoms with Crippen LogP contribution in [0.3, 0.4) is 0 Å². The van der Waals surface area contributed by atoms with E-state index in [0.29, 0.717) is 18.5 Å². The number of carbonyl (C=O) groups excluding carboxylic acids is 1. The fraction of sp³-hybridized carbons (Fsp3) is 0.429. The Hall–Kier alpha value is -1.79. The normalized spacial score (nSPS) is 16.5. The molecule has 114 valence electrons. The van der Waals surface area contributed by atoms with Gasteiger partial charge in [0.1, 0.15) is 11.3 Å². The van der Waals surface area contributed by atoms with E-state index in [0.717, 1.165) is 12.8 Å². The second-order valence-corrected chi connectivity index (χ2v) is 5.56. The highest BCUT2D eigenvalue weighted by atomic mass is 35.5. The van der Waals surface area contributed by atoms with Crippen LogP contribution in [-0.2, 0) is 4.79 Å². The number of hydrogen-bond donors (Lipinski definition) is 3. The van der Waals surface area contributed by atoms with Crippen LogP contribution in [0.2, 0.25) is 5.02 Å². The average Bonchev–Trinajstić information content (AvgIpc) is 2.88. The maximum atomic E-state index is 12.3. The fourth-order valence-electron chi connectivity index (χ4n) is 2.46. The number of nitrogens with one attached hydrogen (secondary N) is 1. The van der Waals surface area contributed by atoms with Gasteiger partial charge in [-0.05, 0) is 18.9 Å². The van der Waals surface area contributed by atoms with Gasteiger partial charge in [0.05, 0.1) is 23.4 Å². The van der Waals surface area contributed by atoms with E-state index >= 15 is 0 Å². The van der Waals surface area contributed by atoms with E-state index in [1.54, 1.807) is 0 Å². The molecule has 0 unspecified atom stereocenters. The number of rotatable bonds is 4. The zero-order valence-electron chi connectivity index (χ0n) is 11.6. The molecule has 1 fully saturated rings. The van der Waals surface area contributed by atoms with Gasteiger partial charge in [0, 0.05) is 6.07 Å². The first-order valence-corrected chi connectivity index (χ1v) is 6.96. The van der Waals surface area contributed by atoms with Gasteiger partial charge >= 0.3 is 5.97 Å². The molecule has 1 aromatic carbocycles. The summed E-state index contributed by atoms with van der Waals surface area (Å²) in [5, 5.41) is 11.9. The number of carboxylic acids is 1. The lowest BCUT2D eigenvalue weighted by molar-refractivity contribution is -0.121. The van der Waals surface area contributed by atoms with Crippen molar-refractivity contribution in [2.75, 3.05) is 12.4 Å². The van der Waals surface area contributed by atoms with Crippen molar-refractivity contribution in [3.05, 3.63) is 22.7 Å². The molecule has 1 aliphatic carbocycles. The van der Waals surface area contributed by atoms with Gasteiger partial charge in [0.15, 0.2) is 0 Å². The standard InChI is InChI=1S/C14H17ClN2O4/c1-21-11-7-10(9(15)6-8(11)12(18)19)17-13(20)14(16)4-2-3-5-14/h6-7H,2-5,16H2,1H3,(H,17,20)(H,18,19). The first-order valence-electron chi connectivity index (χ1n) is 6.58. The van der Waals surface area contributed by atoms with Crippen LogP contribution in [0.5, 0.6) is 5.75 Å². The summed E-state index contributed by atoms with van der Waals surface area (Å²) >= 11 is 6.02. The highest BCUT2D eigenvalue weighted by Gasteiger charge is 2.37. The molecule has 0 radical (unpaired) electrons. The Kier molecular flexibility index (Phi) is 4.39. The quantitative estimate of drug-likeness (QED) is 0.791. The number of benzene rings is 1. The lowest BCUT2D eigenvalue weighted by atomic mass is 9.98. The van der Waals surface area contributed by atoms with Crippen molar-refractivity contribution in [1.82, 2.24) is 0 Å². The van der Waals surface area contributed by atoms with Crippen molar-refractivity contribution in [2.24, 2.45) is 5.73 Å². The monoisotopic (exact) mass is 312 g/mol. The number of nitrogens with two attached hydrogens (primary N) is 1. The Bertz CT molecular complexity index is 583. The maximum absolute atomic E-state index is 12.3. The molecule has 0 saturated heterocycles. The molecule has 4 N–H and O–H groups in total. The van der Waals surface area contributed by atoms with Crippen LogP contribution < -0.4 is 15.8 Å². The Labute approximate surface area is 127 Å². The third-order valence-corrected chi connectivity index (χ3v) is 4.03. The van der Waals surface area contributed by atoms with Gasteiger partial charge in [-0.3, -0.25) is 4.79 Å². The molecule has 7 heteroatoms. The highest BCUT2D eigenvalue weighted by molar-refractivity contribution is 6.34. The van der Waals surface area contributed by atoms with E-state index in [1.807, 2.05) is 0 Å².